The quantitative estimate of drug-likeness (QED) is 0.126. The van der Waals surface area contributed by atoms with Gasteiger partial charge in [-0.15, -0.1) is 16.9 Å². The first kappa shape index (κ1) is 28.2. The van der Waals surface area contributed by atoms with E-state index in [1.165, 1.54) is 53.3 Å². The van der Waals surface area contributed by atoms with Crippen molar-refractivity contribution < 1.29 is 39.3 Å². The Labute approximate surface area is 233 Å². The van der Waals surface area contributed by atoms with Crippen molar-refractivity contribution in [1.82, 2.24) is 30.4 Å². The number of aromatic hydroxyl groups is 1. The molecule has 1 fully saturated rings. The number of carbonyl (C=O) groups is 4. The van der Waals surface area contributed by atoms with E-state index < -0.39 is 47.0 Å². The van der Waals surface area contributed by atoms with Crippen molar-refractivity contribution in [3.63, 3.8) is 0 Å². The molecule has 0 bridgehead atoms. The van der Waals surface area contributed by atoms with Crippen LogP contribution in [0, 0.1) is 0 Å². The Bertz CT molecular complexity index is 1410. The third kappa shape index (κ3) is 5.79. The molecule has 2 unspecified atom stereocenters. The number of carboxylic acid groups (broad SMARTS) is 2. The van der Waals surface area contributed by atoms with Gasteiger partial charge in [0.05, 0.1) is 5.02 Å². The SMILES string of the molecule is CC(ON=C(C(=O)NC1C(=O)N2C(C(=O)O)=C(CSc3nnnn3C)CS[C@H]12)c1ccc(O)c(Cl)c1)C(=O)O. The molecule has 4 rings (SSSR count). The van der Waals surface area contributed by atoms with E-state index in [1.54, 1.807) is 7.05 Å². The van der Waals surface area contributed by atoms with Gasteiger partial charge in [-0.1, -0.05) is 28.5 Å². The summed E-state index contributed by atoms with van der Waals surface area (Å²) in [4.78, 5) is 55.5. The molecule has 1 aromatic carbocycles. The molecule has 3 atom stereocenters. The number of benzene rings is 1. The van der Waals surface area contributed by atoms with Crippen molar-refractivity contribution in [3.8, 4) is 5.75 Å². The minimum Gasteiger partial charge on any atom is -0.506 e. The van der Waals surface area contributed by atoms with E-state index in [9.17, 15) is 29.4 Å². The summed E-state index contributed by atoms with van der Waals surface area (Å²) in [5, 5.41) is 45.6. The number of phenolic OH excluding ortho intramolecular Hbond substituents is 1. The van der Waals surface area contributed by atoms with Crippen LogP contribution in [0.15, 0.2) is 39.8 Å². The van der Waals surface area contributed by atoms with Gasteiger partial charge >= 0.3 is 11.9 Å². The van der Waals surface area contributed by atoms with Crippen LogP contribution in [0.3, 0.4) is 0 Å². The number of hydrogen-bond donors (Lipinski definition) is 4. The molecule has 0 saturated carbocycles. The van der Waals surface area contributed by atoms with Gasteiger partial charge in [-0.2, -0.15) is 0 Å². The summed E-state index contributed by atoms with van der Waals surface area (Å²) in [6.07, 6.45) is -1.40. The molecule has 39 heavy (non-hydrogen) atoms. The number of hydrogen-bond acceptors (Lipinski definition) is 12. The van der Waals surface area contributed by atoms with Crippen LogP contribution in [0.2, 0.25) is 5.02 Å². The average Bonchev–Trinajstić information content (AvgIpc) is 3.31. The van der Waals surface area contributed by atoms with Crippen LogP contribution in [-0.4, -0.2) is 98.9 Å². The van der Waals surface area contributed by atoms with E-state index in [2.05, 4.69) is 26.0 Å². The summed E-state index contributed by atoms with van der Waals surface area (Å²) in [5.41, 5.74) is -0.00133. The zero-order valence-corrected chi connectivity index (χ0v) is 22.5. The number of aryl methyl sites for hydroxylation is 1. The number of fused-ring (bicyclic) bond motifs is 1. The van der Waals surface area contributed by atoms with E-state index in [0.717, 1.165) is 4.90 Å². The number of rotatable bonds is 10. The first-order valence-corrected chi connectivity index (χ1v) is 13.4. The Balaban J connectivity index is 1.54. The molecular formula is C21H20ClN7O8S2. The van der Waals surface area contributed by atoms with Crippen LogP contribution in [0.4, 0.5) is 0 Å². The third-order valence-corrected chi connectivity index (χ3v) is 8.32. The van der Waals surface area contributed by atoms with E-state index in [-0.39, 0.29) is 33.5 Å². The molecule has 18 heteroatoms. The molecule has 2 aliphatic heterocycles. The first-order chi connectivity index (χ1) is 18.5. The van der Waals surface area contributed by atoms with Crippen LogP contribution in [0.25, 0.3) is 0 Å². The van der Waals surface area contributed by atoms with Crippen molar-refractivity contribution in [3.05, 3.63) is 40.1 Å². The summed E-state index contributed by atoms with van der Waals surface area (Å²) < 4.78 is 1.44. The number of halogens is 1. The largest absolute Gasteiger partial charge is 0.506 e. The minimum absolute atomic E-state index is 0.0801. The van der Waals surface area contributed by atoms with Crippen molar-refractivity contribution in [2.75, 3.05) is 11.5 Å². The Morgan fingerprint density at radius 2 is 2.10 bits per heavy atom. The fourth-order valence-corrected chi connectivity index (χ4v) is 6.07. The predicted octanol–water partition coefficient (Wildman–Crippen LogP) is 0.294. The Morgan fingerprint density at radius 3 is 2.72 bits per heavy atom. The number of carboxylic acids is 2. The standard InChI is InChI=1S/C21H20ClN7O8S2/c1-8(19(33)34)37-25-13(9-3-4-12(30)11(22)5-9)16(31)23-14-17(32)29-15(20(35)36)10(6-38-18(14)29)7-39-21-24-26-27-28(21)2/h3-5,8,14,18,30H,6-7H2,1-2H3,(H,23,31)(H,33,34)(H,35,36)/t8?,14?,18-/m1/s1. The smallest absolute Gasteiger partial charge is 0.352 e. The summed E-state index contributed by atoms with van der Waals surface area (Å²) in [7, 11) is 1.64. The van der Waals surface area contributed by atoms with Crippen LogP contribution in [-0.2, 0) is 31.1 Å². The molecule has 0 spiro atoms. The molecule has 0 aliphatic carbocycles. The summed E-state index contributed by atoms with van der Waals surface area (Å²) in [5.74, 6) is -3.93. The van der Waals surface area contributed by atoms with E-state index in [1.807, 2.05) is 0 Å². The minimum atomic E-state index is -1.40. The molecule has 3 heterocycles. The van der Waals surface area contributed by atoms with Crippen molar-refractivity contribution in [2.24, 2.45) is 12.2 Å². The highest BCUT2D eigenvalue weighted by atomic mass is 35.5. The second-order valence-corrected chi connectivity index (χ2v) is 10.6. The van der Waals surface area contributed by atoms with Crippen molar-refractivity contribution in [2.45, 2.75) is 29.6 Å². The van der Waals surface area contributed by atoms with Gasteiger partial charge in [0.1, 0.15) is 22.9 Å². The zero-order valence-electron chi connectivity index (χ0n) is 20.1. The topological polar surface area (TPSA) is 209 Å². The number of tetrazole rings is 1. The van der Waals surface area contributed by atoms with Crippen LogP contribution < -0.4 is 5.32 Å². The normalized spacial score (nSPS) is 19.7. The molecule has 1 saturated heterocycles. The highest BCUT2D eigenvalue weighted by molar-refractivity contribution is 8.01. The Morgan fingerprint density at radius 1 is 1.36 bits per heavy atom. The second kappa shape index (κ2) is 11.5. The molecular weight excluding hydrogens is 578 g/mol. The van der Waals surface area contributed by atoms with Gasteiger partial charge in [0.25, 0.3) is 11.8 Å². The molecule has 0 radical (unpaired) electrons. The number of oxime groups is 1. The molecule has 15 nitrogen and oxygen atoms in total. The van der Waals surface area contributed by atoms with E-state index >= 15 is 0 Å². The van der Waals surface area contributed by atoms with Gasteiger partial charge in [-0.3, -0.25) is 14.5 Å². The lowest BCUT2D eigenvalue weighted by molar-refractivity contribution is -0.150. The molecule has 2 aliphatic rings. The molecule has 2 aromatic rings. The van der Waals surface area contributed by atoms with Crippen LogP contribution in [0.1, 0.15) is 12.5 Å². The predicted molar refractivity (Wildman–Crippen MR) is 137 cm³/mol. The Hall–Kier alpha value is -3.83. The van der Waals surface area contributed by atoms with Gasteiger partial charge in [0.15, 0.2) is 5.71 Å². The monoisotopic (exact) mass is 597 g/mol. The summed E-state index contributed by atoms with van der Waals surface area (Å²) in [6, 6.07) is 2.63. The number of nitrogens with one attached hydrogen (secondary N) is 1. The van der Waals surface area contributed by atoms with Crippen molar-refractivity contribution >= 4 is 64.6 Å². The van der Waals surface area contributed by atoms with Gasteiger partial charge in [-0.25, -0.2) is 14.3 Å². The molecule has 206 valence electrons. The van der Waals surface area contributed by atoms with Gasteiger partial charge in [0.2, 0.25) is 11.3 Å². The van der Waals surface area contributed by atoms with Gasteiger partial charge in [0, 0.05) is 24.1 Å². The van der Waals surface area contributed by atoms with Gasteiger partial charge in [-0.05, 0) is 41.1 Å². The molecule has 4 N–H and O–H groups in total. The number of aromatic nitrogens is 4. The number of phenols is 1. The number of aliphatic carboxylic acids is 2. The number of thioether (sulfide) groups is 2. The first-order valence-electron chi connectivity index (χ1n) is 11.0. The third-order valence-electron chi connectivity index (χ3n) is 5.58. The summed E-state index contributed by atoms with van der Waals surface area (Å²) in [6.45, 7) is 1.20. The number of amides is 2. The lowest BCUT2D eigenvalue weighted by Gasteiger charge is -2.49. The maximum absolute atomic E-state index is 13.2. The average molecular weight is 598 g/mol. The van der Waals surface area contributed by atoms with Crippen molar-refractivity contribution in [1.29, 1.82) is 0 Å². The van der Waals surface area contributed by atoms with Crippen LogP contribution >= 0.6 is 35.1 Å². The number of β-lactam (4-membered cyclic amide) rings is 1. The fourth-order valence-electron chi connectivity index (χ4n) is 3.56. The summed E-state index contributed by atoms with van der Waals surface area (Å²) >= 11 is 8.44. The van der Waals surface area contributed by atoms with E-state index in [0.29, 0.717) is 10.7 Å². The second-order valence-electron chi connectivity index (χ2n) is 8.18. The number of carbonyl (C=O) groups excluding carboxylic acids is 2. The fraction of sp³-hybridized carbons (Fsp3) is 0.333. The lowest BCUT2D eigenvalue weighted by Crippen LogP contribution is -2.71. The Kier molecular flexibility index (Phi) is 8.31. The zero-order chi connectivity index (χ0) is 28.4. The molecule has 1 aromatic heterocycles. The highest BCUT2D eigenvalue weighted by Gasteiger charge is 2.54. The lowest BCUT2D eigenvalue weighted by atomic mass is 10.0. The van der Waals surface area contributed by atoms with Gasteiger partial charge < -0.3 is 25.5 Å². The van der Waals surface area contributed by atoms with E-state index in [4.69, 9.17) is 21.5 Å². The molecule has 2 amide bonds. The number of nitrogens with zero attached hydrogens (tertiary/aromatic N) is 6. The maximum Gasteiger partial charge on any atom is 0.352 e. The highest BCUT2D eigenvalue weighted by Crippen LogP contribution is 2.41. The van der Waals surface area contributed by atoms with Crippen LogP contribution in [0.5, 0.6) is 5.75 Å². The maximum atomic E-state index is 13.2.